The second-order valence-corrected chi connectivity index (χ2v) is 6.15. The average molecular weight is 373 g/mol. The Labute approximate surface area is 159 Å². The van der Waals surface area contributed by atoms with E-state index < -0.39 is 0 Å². The van der Waals surface area contributed by atoms with Crippen LogP contribution in [0.5, 0.6) is 0 Å². The lowest BCUT2D eigenvalue weighted by atomic mass is 10.1. The van der Waals surface area contributed by atoms with Crippen LogP contribution in [0.1, 0.15) is 28.4 Å². The van der Waals surface area contributed by atoms with Crippen LogP contribution in [0, 0.1) is 0 Å². The van der Waals surface area contributed by atoms with Gasteiger partial charge in [0, 0.05) is 30.7 Å². The van der Waals surface area contributed by atoms with Gasteiger partial charge in [0.1, 0.15) is 0 Å². The summed E-state index contributed by atoms with van der Waals surface area (Å²) in [6, 6.07) is 15.3. The zero-order valence-electron chi connectivity index (χ0n) is 15.2. The number of guanidine groups is 1. The van der Waals surface area contributed by atoms with Crippen LogP contribution in [0.25, 0.3) is 0 Å². The van der Waals surface area contributed by atoms with E-state index in [0.717, 1.165) is 41.6 Å². The smallest absolute Gasteiger partial charge is 0.251 e. The summed E-state index contributed by atoms with van der Waals surface area (Å²) < 4.78 is 0. The van der Waals surface area contributed by atoms with E-state index in [0.29, 0.717) is 12.1 Å². The number of carbonyl (C=O) groups is 1. The molecular formula is C20H25ClN4O. The second kappa shape index (κ2) is 10.5. The molecule has 0 aliphatic rings. The van der Waals surface area contributed by atoms with Gasteiger partial charge in [-0.3, -0.25) is 4.79 Å². The fourth-order valence-electron chi connectivity index (χ4n) is 2.48. The fraction of sp³-hybridized carbons (Fsp3) is 0.300. The van der Waals surface area contributed by atoms with Gasteiger partial charge in [0.05, 0.1) is 6.54 Å². The van der Waals surface area contributed by atoms with Crippen LogP contribution in [-0.2, 0) is 13.0 Å². The lowest BCUT2D eigenvalue weighted by Gasteiger charge is -2.12. The highest BCUT2D eigenvalue weighted by Gasteiger charge is 2.04. The van der Waals surface area contributed by atoms with E-state index in [1.54, 1.807) is 13.1 Å². The Bertz CT molecular complexity index is 761. The number of benzene rings is 2. The third kappa shape index (κ3) is 6.08. The number of nitrogens with zero attached hydrogens (tertiary/aromatic N) is 1. The lowest BCUT2D eigenvalue weighted by molar-refractivity contribution is 0.0963. The average Bonchev–Trinajstić information content (AvgIpc) is 2.67. The number of aliphatic imine (C=N–C) groups is 1. The van der Waals surface area contributed by atoms with Gasteiger partial charge in [-0.05, 0) is 42.7 Å². The van der Waals surface area contributed by atoms with Crippen molar-refractivity contribution >= 4 is 23.5 Å². The molecule has 2 aromatic carbocycles. The molecule has 0 saturated carbocycles. The molecule has 3 N–H and O–H groups in total. The Morgan fingerprint density at radius 3 is 2.65 bits per heavy atom. The molecule has 0 unspecified atom stereocenters. The van der Waals surface area contributed by atoms with Crippen molar-refractivity contribution < 1.29 is 4.79 Å². The Morgan fingerprint density at radius 2 is 1.92 bits per heavy atom. The molecule has 0 aromatic heterocycles. The highest BCUT2D eigenvalue weighted by molar-refractivity contribution is 6.31. The van der Waals surface area contributed by atoms with E-state index in [-0.39, 0.29) is 5.91 Å². The number of rotatable bonds is 7. The molecule has 2 aromatic rings. The van der Waals surface area contributed by atoms with Gasteiger partial charge in [0.25, 0.3) is 5.91 Å². The molecule has 0 atom stereocenters. The minimum absolute atomic E-state index is 0.0967. The van der Waals surface area contributed by atoms with E-state index in [2.05, 4.69) is 20.9 Å². The summed E-state index contributed by atoms with van der Waals surface area (Å²) in [6.07, 6.45) is 0.816. The van der Waals surface area contributed by atoms with Crippen molar-refractivity contribution in [2.75, 3.05) is 20.1 Å². The van der Waals surface area contributed by atoms with Gasteiger partial charge in [-0.2, -0.15) is 0 Å². The molecule has 0 aliphatic carbocycles. The molecule has 1 amide bonds. The predicted octanol–water partition coefficient (Wildman–Crippen LogP) is 3.00. The van der Waals surface area contributed by atoms with Crippen molar-refractivity contribution in [3.8, 4) is 0 Å². The van der Waals surface area contributed by atoms with E-state index in [9.17, 15) is 4.79 Å². The van der Waals surface area contributed by atoms with Crippen molar-refractivity contribution in [3.05, 3.63) is 70.2 Å². The van der Waals surface area contributed by atoms with Gasteiger partial charge >= 0.3 is 0 Å². The van der Waals surface area contributed by atoms with E-state index in [1.165, 1.54) is 0 Å². The van der Waals surface area contributed by atoms with Crippen LogP contribution in [-0.4, -0.2) is 32.0 Å². The molecule has 0 aliphatic heterocycles. The molecule has 0 radical (unpaired) electrons. The molecule has 26 heavy (non-hydrogen) atoms. The monoisotopic (exact) mass is 372 g/mol. The van der Waals surface area contributed by atoms with Crippen molar-refractivity contribution in [1.82, 2.24) is 16.0 Å². The van der Waals surface area contributed by atoms with Crippen LogP contribution in [0.15, 0.2) is 53.5 Å². The number of nitrogens with one attached hydrogen (secondary N) is 3. The van der Waals surface area contributed by atoms with Crippen molar-refractivity contribution in [2.24, 2.45) is 4.99 Å². The van der Waals surface area contributed by atoms with E-state index in [4.69, 9.17) is 11.6 Å². The van der Waals surface area contributed by atoms with E-state index in [1.807, 2.05) is 49.4 Å². The van der Waals surface area contributed by atoms with Crippen molar-refractivity contribution in [2.45, 2.75) is 19.9 Å². The highest BCUT2D eigenvalue weighted by atomic mass is 35.5. The molecule has 138 valence electrons. The molecule has 6 heteroatoms. The molecular weight excluding hydrogens is 348 g/mol. The molecule has 2 rings (SSSR count). The third-order valence-corrected chi connectivity index (χ3v) is 4.19. The standard InChI is InChI=1S/C20H25ClN4O/c1-3-23-20(24-12-11-16-8-4-5-10-18(16)21)25-14-15-7-6-9-17(13-15)19(26)22-2/h4-10,13H,3,11-12,14H2,1-2H3,(H,22,26)(H2,23,24,25). The van der Waals surface area contributed by atoms with Gasteiger partial charge in [-0.15, -0.1) is 0 Å². The van der Waals surface area contributed by atoms with Gasteiger partial charge < -0.3 is 16.0 Å². The minimum Gasteiger partial charge on any atom is -0.357 e. The number of halogens is 1. The molecule has 0 bridgehead atoms. The first-order chi connectivity index (χ1) is 12.6. The Hall–Kier alpha value is -2.53. The van der Waals surface area contributed by atoms with Crippen LogP contribution in [0.2, 0.25) is 5.02 Å². The predicted molar refractivity (Wildman–Crippen MR) is 108 cm³/mol. The highest BCUT2D eigenvalue weighted by Crippen LogP contribution is 2.14. The lowest BCUT2D eigenvalue weighted by Crippen LogP contribution is -2.38. The number of hydrogen-bond donors (Lipinski definition) is 3. The third-order valence-electron chi connectivity index (χ3n) is 3.82. The summed E-state index contributed by atoms with van der Waals surface area (Å²) >= 11 is 6.19. The number of amides is 1. The summed E-state index contributed by atoms with van der Waals surface area (Å²) in [5.74, 6) is 0.644. The van der Waals surface area contributed by atoms with Gasteiger partial charge in [-0.1, -0.05) is 41.9 Å². The maximum absolute atomic E-state index is 11.7. The maximum Gasteiger partial charge on any atom is 0.251 e. The van der Waals surface area contributed by atoms with Crippen LogP contribution in [0.3, 0.4) is 0 Å². The minimum atomic E-state index is -0.0967. The first-order valence-electron chi connectivity index (χ1n) is 8.70. The zero-order valence-corrected chi connectivity index (χ0v) is 15.9. The van der Waals surface area contributed by atoms with Gasteiger partial charge in [-0.25, -0.2) is 4.99 Å². The number of carbonyl (C=O) groups excluding carboxylic acids is 1. The molecule has 0 fully saturated rings. The summed E-state index contributed by atoms with van der Waals surface area (Å²) in [5.41, 5.74) is 2.72. The zero-order chi connectivity index (χ0) is 18.8. The first-order valence-corrected chi connectivity index (χ1v) is 9.08. The van der Waals surface area contributed by atoms with E-state index >= 15 is 0 Å². The molecule has 0 saturated heterocycles. The Balaban J connectivity index is 1.96. The second-order valence-electron chi connectivity index (χ2n) is 5.74. The largest absolute Gasteiger partial charge is 0.357 e. The van der Waals surface area contributed by atoms with Crippen LogP contribution in [0.4, 0.5) is 0 Å². The Morgan fingerprint density at radius 1 is 1.12 bits per heavy atom. The molecule has 0 spiro atoms. The van der Waals surface area contributed by atoms with Crippen molar-refractivity contribution in [1.29, 1.82) is 0 Å². The van der Waals surface area contributed by atoms with Crippen LogP contribution >= 0.6 is 11.6 Å². The normalized spacial score (nSPS) is 11.1. The SMILES string of the molecule is CCNC(=NCc1cccc(C(=O)NC)c1)NCCc1ccccc1Cl. The topological polar surface area (TPSA) is 65.5 Å². The summed E-state index contributed by atoms with van der Waals surface area (Å²) in [7, 11) is 1.62. The summed E-state index contributed by atoms with van der Waals surface area (Å²) in [4.78, 5) is 16.3. The Kier molecular flexibility index (Phi) is 7.96. The summed E-state index contributed by atoms with van der Waals surface area (Å²) in [5, 5.41) is 9.96. The van der Waals surface area contributed by atoms with Crippen molar-refractivity contribution in [3.63, 3.8) is 0 Å². The molecule has 5 nitrogen and oxygen atoms in total. The molecule has 0 heterocycles. The van der Waals surface area contributed by atoms with Crippen LogP contribution < -0.4 is 16.0 Å². The quantitative estimate of drug-likeness (QED) is 0.517. The first kappa shape index (κ1) is 19.8. The maximum atomic E-state index is 11.7. The van der Waals surface area contributed by atoms with Gasteiger partial charge in [0.15, 0.2) is 5.96 Å². The number of hydrogen-bond acceptors (Lipinski definition) is 2. The van der Waals surface area contributed by atoms with Gasteiger partial charge in [0.2, 0.25) is 0 Å². The summed E-state index contributed by atoms with van der Waals surface area (Å²) in [6.45, 7) is 4.02. The fourth-order valence-corrected chi connectivity index (χ4v) is 2.71.